The molecule has 0 bridgehead atoms. The van der Waals surface area contributed by atoms with E-state index >= 15 is 0 Å². The molecule has 11 heavy (non-hydrogen) atoms. The molecule has 0 radical (unpaired) electrons. The van der Waals surface area contributed by atoms with Gasteiger partial charge in [0.2, 0.25) is 0 Å². The van der Waals surface area contributed by atoms with Crippen molar-refractivity contribution in [3.8, 4) is 0 Å². The van der Waals surface area contributed by atoms with Crippen molar-refractivity contribution in [3.63, 3.8) is 0 Å². The number of allylic oxidation sites excluding steroid dienone is 1. The number of aliphatic hydroxyl groups excluding tert-OH is 1. The number of ketones is 1. The average Bonchev–Trinajstić information content (AvgIpc) is 2.01. The second kappa shape index (κ2) is 7.48. The Morgan fingerprint density at radius 1 is 1.45 bits per heavy atom. The summed E-state index contributed by atoms with van der Waals surface area (Å²) >= 11 is 0. The summed E-state index contributed by atoms with van der Waals surface area (Å²) < 4.78 is 0. The molecule has 0 aromatic carbocycles. The van der Waals surface area contributed by atoms with E-state index in [-0.39, 0.29) is 12.4 Å². The van der Waals surface area contributed by atoms with Crippen molar-refractivity contribution in [1.29, 1.82) is 0 Å². The van der Waals surface area contributed by atoms with Crippen LogP contribution in [0.1, 0.15) is 32.6 Å². The lowest BCUT2D eigenvalue weighted by Gasteiger charge is -1.92. The molecule has 0 atom stereocenters. The normalized spacial score (nSPS) is 10.7. The highest BCUT2D eigenvalue weighted by Gasteiger charge is 1.94. The van der Waals surface area contributed by atoms with Crippen LogP contribution >= 0.6 is 0 Å². The molecule has 0 aliphatic rings. The first-order valence-corrected chi connectivity index (χ1v) is 4.11. The van der Waals surface area contributed by atoms with E-state index in [1.165, 1.54) is 12.2 Å². The Hall–Kier alpha value is -0.630. The molecule has 0 heterocycles. The SMILES string of the molecule is CCCCCC(=O)C=CCO. The van der Waals surface area contributed by atoms with Crippen LogP contribution in [0.5, 0.6) is 0 Å². The second-order valence-electron chi connectivity index (χ2n) is 2.51. The number of hydrogen-bond donors (Lipinski definition) is 1. The molecule has 0 unspecified atom stereocenters. The van der Waals surface area contributed by atoms with Crippen LogP contribution in [-0.2, 0) is 4.79 Å². The summed E-state index contributed by atoms with van der Waals surface area (Å²) in [4.78, 5) is 10.9. The highest BCUT2D eigenvalue weighted by molar-refractivity contribution is 5.89. The molecule has 0 aromatic heterocycles. The van der Waals surface area contributed by atoms with Crippen LogP contribution in [-0.4, -0.2) is 17.5 Å². The topological polar surface area (TPSA) is 37.3 Å². The van der Waals surface area contributed by atoms with Crippen LogP contribution in [0.3, 0.4) is 0 Å². The Morgan fingerprint density at radius 3 is 2.73 bits per heavy atom. The van der Waals surface area contributed by atoms with Crippen LogP contribution in [0.15, 0.2) is 12.2 Å². The molecule has 0 spiro atoms. The molecule has 0 aliphatic carbocycles. The molecule has 0 saturated carbocycles. The number of rotatable bonds is 6. The highest BCUT2D eigenvalue weighted by atomic mass is 16.2. The van der Waals surface area contributed by atoms with Crippen LogP contribution in [0.4, 0.5) is 0 Å². The molecule has 2 heteroatoms. The van der Waals surface area contributed by atoms with Crippen molar-refractivity contribution in [2.75, 3.05) is 6.61 Å². The minimum Gasteiger partial charge on any atom is -0.392 e. The van der Waals surface area contributed by atoms with Gasteiger partial charge in [0.15, 0.2) is 5.78 Å². The van der Waals surface area contributed by atoms with Gasteiger partial charge in [-0.1, -0.05) is 25.8 Å². The van der Waals surface area contributed by atoms with Gasteiger partial charge in [0.25, 0.3) is 0 Å². The number of carbonyl (C=O) groups excluding carboxylic acids is 1. The molecule has 0 fully saturated rings. The second-order valence-corrected chi connectivity index (χ2v) is 2.51. The third kappa shape index (κ3) is 7.26. The first kappa shape index (κ1) is 10.4. The van der Waals surface area contributed by atoms with Gasteiger partial charge in [0, 0.05) is 6.42 Å². The summed E-state index contributed by atoms with van der Waals surface area (Å²) in [5.41, 5.74) is 0. The molecule has 0 aromatic rings. The minimum atomic E-state index is -0.0421. The summed E-state index contributed by atoms with van der Waals surface area (Å²) in [5, 5.41) is 8.35. The summed E-state index contributed by atoms with van der Waals surface area (Å²) in [5.74, 6) is 0.118. The van der Waals surface area contributed by atoms with Crippen molar-refractivity contribution in [2.45, 2.75) is 32.6 Å². The van der Waals surface area contributed by atoms with E-state index in [1.807, 2.05) is 0 Å². The van der Waals surface area contributed by atoms with Gasteiger partial charge in [0.1, 0.15) is 0 Å². The fourth-order valence-electron chi connectivity index (χ4n) is 0.817. The van der Waals surface area contributed by atoms with E-state index in [0.29, 0.717) is 6.42 Å². The molecule has 0 amide bonds. The summed E-state index contributed by atoms with van der Waals surface area (Å²) in [7, 11) is 0. The number of hydrogen-bond acceptors (Lipinski definition) is 2. The molecule has 0 saturated heterocycles. The van der Waals surface area contributed by atoms with Gasteiger partial charge < -0.3 is 5.11 Å². The standard InChI is InChI=1S/C9H16O2/c1-2-3-4-6-9(11)7-5-8-10/h5,7,10H,2-4,6,8H2,1H3. The van der Waals surface area contributed by atoms with Gasteiger partial charge in [-0.05, 0) is 12.5 Å². The lowest BCUT2D eigenvalue weighted by Crippen LogP contribution is -1.92. The van der Waals surface area contributed by atoms with Crippen LogP contribution < -0.4 is 0 Å². The summed E-state index contributed by atoms with van der Waals surface area (Å²) in [6.07, 6.45) is 6.76. The van der Waals surface area contributed by atoms with E-state index < -0.39 is 0 Å². The predicted octanol–water partition coefficient (Wildman–Crippen LogP) is 1.68. The van der Waals surface area contributed by atoms with Gasteiger partial charge in [-0.2, -0.15) is 0 Å². The average molecular weight is 156 g/mol. The van der Waals surface area contributed by atoms with E-state index in [0.717, 1.165) is 19.3 Å². The van der Waals surface area contributed by atoms with Gasteiger partial charge in [-0.3, -0.25) is 4.79 Å². The predicted molar refractivity (Wildman–Crippen MR) is 45.4 cm³/mol. The van der Waals surface area contributed by atoms with Crippen LogP contribution in [0, 0.1) is 0 Å². The summed E-state index contributed by atoms with van der Waals surface area (Å²) in [6, 6.07) is 0. The number of unbranched alkanes of at least 4 members (excludes halogenated alkanes) is 2. The highest BCUT2D eigenvalue weighted by Crippen LogP contribution is 1.99. The van der Waals surface area contributed by atoms with Gasteiger partial charge in [-0.25, -0.2) is 0 Å². The molecule has 0 aliphatic heterocycles. The zero-order valence-electron chi connectivity index (χ0n) is 7.05. The Balaban J connectivity index is 3.30. The van der Waals surface area contributed by atoms with Crippen molar-refractivity contribution < 1.29 is 9.90 Å². The smallest absolute Gasteiger partial charge is 0.155 e. The van der Waals surface area contributed by atoms with E-state index in [9.17, 15) is 4.79 Å². The van der Waals surface area contributed by atoms with Crippen molar-refractivity contribution in [3.05, 3.63) is 12.2 Å². The first-order chi connectivity index (χ1) is 5.31. The Kier molecular flexibility index (Phi) is 7.05. The molecular formula is C9H16O2. The third-order valence-electron chi connectivity index (χ3n) is 1.44. The maximum absolute atomic E-state index is 10.9. The van der Waals surface area contributed by atoms with Crippen molar-refractivity contribution >= 4 is 5.78 Å². The molecule has 2 nitrogen and oxygen atoms in total. The molecular weight excluding hydrogens is 140 g/mol. The van der Waals surface area contributed by atoms with E-state index in [1.54, 1.807) is 0 Å². The van der Waals surface area contributed by atoms with Gasteiger partial charge in [0.05, 0.1) is 6.61 Å². The number of carbonyl (C=O) groups is 1. The first-order valence-electron chi connectivity index (χ1n) is 4.11. The summed E-state index contributed by atoms with van der Waals surface area (Å²) in [6.45, 7) is 2.06. The maximum Gasteiger partial charge on any atom is 0.155 e. The van der Waals surface area contributed by atoms with E-state index in [4.69, 9.17) is 5.11 Å². The Bertz CT molecular complexity index is 128. The van der Waals surface area contributed by atoms with Crippen LogP contribution in [0.25, 0.3) is 0 Å². The van der Waals surface area contributed by atoms with Crippen molar-refractivity contribution in [1.82, 2.24) is 0 Å². The fraction of sp³-hybridized carbons (Fsp3) is 0.667. The largest absolute Gasteiger partial charge is 0.392 e. The lowest BCUT2D eigenvalue weighted by molar-refractivity contribution is -0.114. The Labute approximate surface area is 67.9 Å². The maximum atomic E-state index is 10.9. The zero-order valence-corrected chi connectivity index (χ0v) is 7.05. The monoisotopic (exact) mass is 156 g/mol. The number of aliphatic hydroxyl groups is 1. The third-order valence-corrected chi connectivity index (χ3v) is 1.44. The van der Waals surface area contributed by atoms with Gasteiger partial charge >= 0.3 is 0 Å². The molecule has 64 valence electrons. The fourth-order valence-corrected chi connectivity index (χ4v) is 0.817. The van der Waals surface area contributed by atoms with Crippen LogP contribution in [0.2, 0.25) is 0 Å². The van der Waals surface area contributed by atoms with Crippen molar-refractivity contribution in [2.24, 2.45) is 0 Å². The quantitative estimate of drug-likeness (QED) is 0.469. The lowest BCUT2D eigenvalue weighted by atomic mass is 10.1. The molecule has 1 N–H and O–H groups in total. The molecule has 0 rings (SSSR count). The zero-order chi connectivity index (χ0) is 8.53. The van der Waals surface area contributed by atoms with Gasteiger partial charge in [-0.15, -0.1) is 0 Å². The Morgan fingerprint density at radius 2 is 2.18 bits per heavy atom. The van der Waals surface area contributed by atoms with E-state index in [2.05, 4.69) is 6.92 Å². The minimum absolute atomic E-state index is 0.0421.